The van der Waals surface area contributed by atoms with Gasteiger partial charge in [-0.15, -0.1) is 0 Å². The van der Waals surface area contributed by atoms with Crippen LogP contribution >= 0.6 is 11.8 Å². The van der Waals surface area contributed by atoms with Crippen LogP contribution in [0.15, 0.2) is 29.3 Å². The van der Waals surface area contributed by atoms with E-state index in [0.717, 1.165) is 55.9 Å². The van der Waals surface area contributed by atoms with Crippen molar-refractivity contribution in [3.63, 3.8) is 0 Å². The Balaban J connectivity index is 1.56. The topological polar surface area (TPSA) is 88.5 Å². The molecule has 1 aromatic carbocycles. The van der Waals surface area contributed by atoms with E-state index in [1.807, 2.05) is 25.1 Å². The maximum atomic E-state index is 12.5. The zero-order valence-corrected chi connectivity index (χ0v) is 18.6. The Morgan fingerprint density at radius 3 is 2.48 bits per heavy atom. The van der Waals surface area contributed by atoms with E-state index >= 15 is 0 Å². The lowest BCUT2D eigenvalue weighted by Crippen LogP contribution is -2.52. The fraction of sp³-hybridized carbons (Fsp3) is 0.632. The molecule has 0 unspecified atom stereocenters. The Labute approximate surface area is 178 Å². The number of aromatic hydroxyl groups is 1. The maximum absolute atomic E-state index is 12.5. The highest BCUT2D eigenvalue weighted by molar-refractivity contribution is 7.99. The number of benzene rings is 1. The quantitative estimate of drug-likeness (QED) is 0.500. The largest absolute Gasteiger partial charge is 0.506 e. The van der Waals surface area contributed by atoms with Crippen molar-refractivity contribution in [2.45, 2.75) is 6.92 Å². The number of para-hydroxylation sites is 2. The van der Waals surface area contributed by atoms with E-state index in [4.69, 9.17) is 0 Å². The molecule has 0 saturated carbocycles. The first-order valence-corrected chi connectivity index (χ1v) is 12.9. The molecule has 2 aliphatic heterocycles. The third-order valence-corrected chi connectivity index (χ3v) is 7.90. The fourth-order valence-electron chi connectivity index (χ4n) is 3.54. The number of anilines is 1. The minimum absolute atomic E-state index is 0.0460. The molecule has 2 saturated heterocycles. The van der Waals surface area contributed by atoms with Crippen molar-refractivity contribution >= 4 is 33.4 Å². The first kappa shape index (κ1) is 22.0. The summed E-state index contributed by atoms with van der Waals surface area (Å²) >= 11 is 1.80. The van der Waals surface area contributed by atoms with Crippen molar-refractivity contribution in [2.75, 3.05) is 74.5 Å². The van der Waals surface area contributed by atoms with Gasteiger partial charge in [-0.1, -0.05) is 12.1 Å². The average Bonchev–Trinajstić information content (AvgIpc) is 2.74. The van der Waals surface area contributed by atoms with E-state index in [-0.39, 0.29) is 12.3 Å². The van der Waals surface area contributed by atoms with Crippen LogP contribution in [0.25, 0.3) is 0 Å². The highest BCUT2D eigenvalue weighted by Crippen LogP contribution is 2.27. The van der Waals surface area contributed by atoms with Gasteiger partial charge < -0.3 is 20.2 Å². The second kappa shape index (κ2) is 10.4. The molecule has 0 atom stereocenters. The summed E-state index contributed by atoms with van der Waals surface area (Å²) in [5, 5.41) is 13.3. The number of aliphatic imine (C=N–C) groups is 1. The molecule has 0 aromatic heterocycles. The van der Waals surface area contributed by atoms with Gasteiger partial charge in [-0.05, 0) is 19.1 Å². The summed E-state index contributed by atoms with van der Waals surface area (Å²) in [5.41, 5.74) is 0.847. The number of piperazine rings is 1. The summed E-state index contributed by atoms with van der Waals surface area (Å²) < 4.78 is 26.6. The van der Waals surface area contributed by atoms with E-state index in [1.54, 1.807) is 22.1 Å². The molecule has 1 aromatic rings. The fourth-order valence-corrected chi connectivity index (χ4v) is 5.99. The van der Waals surface area contributed by atoms with Crippen molar-refractivity contribution in [2.24, 2.45) is 4.99 Å². The molecule has 0 aliphatic carbocycles. The molecule has 2 fully saturated rings. The number of phenolic OH excluding ortho intramolecular Hbond substituents is 1. The highest BCUT2D eigenvalue weighted by atomic mass is 32.2. The maximum Gasteiger partial charge on any atom is 0.215 e. The van der Waals surface area contributed by atoms with Crippen LogP contribution in [0.4, 0.5) is 5.69 Å². The number of sulfonamides is 1. The zero-order chi connectivity index (χ0) is 20.7. The molecule has 0 bridgehead atoms. The van der Waals surface area contributed by atoms with Crippen LogP contribution in [0.5, 0.6) is 5.75 Å². The first-order valence-electron chi connectivity index (χ1n) is 10.1. The number of nitrogens with one attached hydrogen (secondary N) is 1. The van der Waals surface area contributed by atoms with Crippen molar-refractivity contribution in [3.8, 4) is 5.75 Å². The number of thioether (sulfide) groups is 1. The molecule has 2 heterocycles. The highest BCUT2D eigenvalue weighted by Gasteiger charge is 2.24. The van der Waals surface area contributed by atoms with E-state index in [2.05, 4.69) is 20.1 Å². The summed E-state index contributed by atoms with van der Waals surface area (Å²) in [5.74, 6) is 2.83. The summed E-state index contributed by atoms with van der Waals surface area (Å²) in [6.45, 7) is 7.26. The lowest BCUT2D eigenvalue weighted by atomic mass is 10.2. The smallest absolute Gasteiger partial charge is 0.215 e. The zero-order valence-electron chi connectivity index (χ0n) is 17.0. The van der Waals surface area contributed by atoms with E-state index in [9.17, 15) is 13.5 Å². The summed E-state index contributed by atoms with van der Waals surface area (Å²) in [6, 6.07) is 7.37. The minimum atomic E-state index is -3.24. The van der Waals surface area contributed by atoms with Crippen LogP contribution in [-0.2, 0) is 10.0 Å². The van der Waals surface area contributed by atoms with Gasteiger partial charge in [-0.3, -0.25) is 4.99 Å². The summed E-state index contributed by atoms with van der Waals surface area (Å²) in [4.78, 5) is 8.90. The molecule has 0 amide bonds. The van der Waals surface area contributed by atoms with Crippen molar-refractivity contribution in [3.05, 3.63) is 24.3 Å². The molecule has 2 aliphatic rings. The van der Waals surface area contributed by atoms with Crippen LogP contribution in [0.1, 0.15) is 6.92 Å². The van der Waals surface area contributed by atoms with Crippen molar-refractivity contribution < 1.29 is 13.5 Å². The normalized spacial score (nSPS) is 19.4. The Kier molecular flexibility index (Phi) is 7.91. The Bertz CT molecular complexity index is 789. The Morgan fingerprint density at radius 2 is 1.83 bits per heavy atom. The third kappa shape index (κ3) is 5.93. The van der Waals surface area contributed by atoms with Gasteiger partial charge in [0.2, 0.25) is 10.0 Å². The van der Waals surface area contributed by atoms with Crippen molar-refractivity contribution in [1.29, 1.82) is 0 Å². The Hall–Kier alpha value is -1.65. The lowest BCUT2D eigenvalue weighted by molar-refractivity contribution is 0.370. The van der Waals surface area contributed by atoms with Gasteiger partial charge in [0.25, 0.3) is 0 Å². The van der Waals surface area contributed by atoms with Gasteiger partial charge in [0.05, 0.1) is 18.0 Å². The molecule has 0 radical (unpaired) electrons. The van der Waals surface area contributed by atoms with Gasteiger partial charge in [-0.25, -0.2) is 12.7 Å². The molecular weight excluding hydrogens is 410 g/mol. The van der Waals surface area contributed by atoms with E-state index in [1.165, 1.54) is 0 Å². The minimum Gasteiger partial charge on any atom is -0.506 e. The summed E-state index contributed by atoms with van der Waals surface area (Å²) in [6.07, 6.45) is 0. The van der Waals surface area contributed by atoms with Crippen LogP contribution in [-0.4, -0.2) is 98.3 Å². The number of guanidine groups is 1. The SMILES string of the molecule is CCNC(=NCCS(=O)(=O)N1CCSCC1)N1CCN(c2ccccc2O)CC1. The van der Waals surface area contributed by atoms with Crippen LogP contribution in [0.2, 0.25) is 0 Å². The number of hydrogen-bond donors (Lipinski definition) is 2. The second-order valence-electron chi connectivity index (χ2n) is 7.03. The standard InChI is InChI=1S/C19H31N5O3S2/c1-2-20-19(21-7-16-29(26,27)24-12-14-28-15-13-24)23-10-8-22(9-11-23)17-5-3-4-6-18(17)25/h3-6,25H,2,7-16H2,1H3,(H,20,21). The van der Waals surface area contributed by atoms with E-state index in [0.29, 0.717) is 18.8 Å². The third-order valence-electron chi connectivity index (χ3n) is 5.11. The number of rotatable bonds is 6. The predicted molar refractivity (Wildman–Crippen MR) is 121 cm³/mol. The molecular formula is C19H31N5O3S2. The Morgan fingerprint density at radius 1 is 1.14 bits per heavy atom. The van der Waals surface area contributed by atoms with Crippen LogP contribution in [0, 0.1) is 0 Å². The van der Waals surface area contributed by atoms with Crippen LogP contribution < -0.4 is 10.2 Å². The van der Waals surface area contributed by atoms with Crippen LogP contribution in [0.3, 0.4) is 0 Å². The van der Waals surface area contributed by atoms with E-state index < -0.39 is 10.0 Å². The first-order chi connectivity index (χ1) is 14.0. The number of hydrogen-bond acceptors (Lipinski definition) is 6. The molecule has 8 nitrogen and oxygen atoms in total. The van der Waals surface area contributed by atoms with Gasteiger partial charge >= 0.3 is 0 Å². The number of phenols is 1. The van der Waals surface area contributed by atoms with Gasteiger partial charge in [-0.2, -0.15) is 11.8 Å². The van der Waals surface area contributed by atoms with Gasteiger partial charge in [0.15, 0.2) is 5.96 Å². The monoisotopic (exact) mass is 441 g/mol. The lowest BCUT2D eigenvalue weighted by Gasteiger charge is -2.37. The molecule has 29 heavy (non-hydrogen) atoms. The average molecular weight is 442 g/mol. The molecule has 10 heteroatoms. The number of nitrogens with zero attached hydrogens (tertiary/aromatic N) is 4. The van der Waals surface area contributed by atoms with Gasteiger partial charge in [0, 0.05) is 57.3 Å². The molecule has 0 spiro atoms. The van der Waals surface area contributed by atoms with Gasteiger partial charge in [0.1, 0.15) is 5.75 Å². The predicted octanol–water partition coefficient (Wildman–Crippen LogP) is 0.858. The molecule has 2 N–H and O–H groups in total. The molecule has 3 rings (SSSR count). The van der Waals surface area contributed by atoms with Crippen molar-refractivity contribution in [1.82, 2.24) is 14.5 Å². The summed E-state index contributed by atoms with van der Waals surface area (Å²) in [7, 11) is -3.24. The molecule has 162 valence electrons. The second-order valence-corrected chi connectivity index (χ2v) is 10.3.